The van der Waals surface area contributed by atoms with E-state index in [1.165, 1.54) is 0 Å². The maximum absolute atomic E-state index is 12.2. The molecule has 0 spiro atoms. The van der Waals surface area contributed by atoms with Gasteiger partial charge in [-0.15, -0.1) is 0 Å². The van der Waals surface area contributed by atoms with E-state index in [0.29, 0.717) is 17.0 Å². The first kappa shape index (κ1) is 14.6. The average Bonchev–Trinajstić information content (AvgIpc) is 2.44. The molecule has 1 N–H and O–H groups in total. The van der Waals surface area contributed by atoms with Gasteiger partial charge in [-0.25, -0.2) is 0 Å². The molecule has 2 rings (SSSR count). The predicted octanol–water partition coefficient (Wildman–Crippen LogP) is 3.46. The molecule has 0 aliphatic carbocycles. The Morgan fingerprint density at radius 1 is 1.19 bits per heavy atom. The first-order chi connectivity index (χ1) is 10.1. The molecule has 0 atom stereocenters. The minimum Gasteiger partial charge on any atom is -0.479 e. The number of carbonyl (C=O) groups excluding carboxylic acids is 1. The third kappa shape index (κ3) is 4.08. The van der Waals surface area contributed by atoms with Crippen molar-refractivity contribution in [3.05, 3.63) is 59.2 Å². The van der Waals surface area contributed by atoms with Crippen molar-refractivity contribution in [2.24, 2.45) is 0 Å². The third-order valence-corrected chi connectivity index (χ3v) is 2.88. The smallest absolute Gasteiger partial charge is 0.255 e. The monoisotopic (exact) mass is 280 g/mol. The lowest BCUT2D eigenvalue weighted by Crippen LogP contribution is -2.12. The molecule has 0 aliphatic heterocycles. The molecule has 0 radical (unpaired) electrons. The molecule has 0 saturated heterocycles. The van der Waals surface area contributed by atoms with Crippen molar-refractivity contribution in [2.45, 2.75) is 13.8 Å². The van der Waals surface area contributed by atoms with Crippen molar-refractivity contribution in [1.82, 2.24) is 0 Å². The molecule has 4 heteroatoms. The molecule has 0 aromatic heterocycles. The van der Waals surface area contributed by atoms with Crippen molar-refractivity contribution >= 4 is 11.6 Å². The summed E-state index contributed by atoms with van der Waals surface area (Å²) in [5.41, 5.74) is 3.35. The lowest BCUT2D eigenvalue weighted by Gasteiger charge is -2.08. The SMILES string of the molecule is Cc1cc(C)cc(C(=O)Nc2cccc(OCC#N)c2)c1. The summed E-state index contributed by atoms with van der Waals surface area (Å²) in [6.07, 6.45) is 0. The van der Waals surface area contributed by atoms with Gasteiger partial charge in [-0.3, -0.25) is 4.79 Å². The number of nitriles is 1. The lowest BCUT2D eigenvalue weighted by molar-refractivity contribution is 0.102. The summed E-state index contributed by atoms with van der Waals surface area (Å²) in [4.78, 5) is 12.2. The Kier molecular flexibility index (Phi) is 4.57. The highest BCUT2D eigenvalue weighted by Gasteiger charge is 2.07. The number of aryl methyl sites for hydroxylation is 2. The molecule has 0 aliphatic rings. The standard InChI is InChI=1S/C17H16N2O2/c1-12-8-13(2)10-14(9-12)17(20)19-15-4-3-5-16(11-15)21-7-6-18/h3-5,8-11H,7H2,1-2H3,(H,19,20). The zero-order valence-electron chi connectivity index (χ0n) is 12.0. The fraction of sp³-hybridized carbons (Fsp3) is 0.176. The van der Waals surface area contributed by atoms with Gasteiger partial charge in [0.1, 0.15) is 11.8 Å². The van der Waals surface area contributed by atoms with Crippen molar-refractivity contribution in [3.8, 4) is 11.8 Å². The van der Waals surface area contributed by atoms with Crippen LogP contribution in [0.4, 0.5) is 5.69 Å². The number of nitrogens with zero attached hydrogens (tertiary/aromatic N) is 1. The number of anilines is 1. The van der Waals surface area contributed by atoms with Crippen LogP contribution in [0.15, 0.2) is 42.5 Å². The van der Waals surface area contributed by atoms with Gasteiger partial charge >= 0.3 is 0 Å². The van der Waals surface area contributed by atoms with Gasteiger partial charge in [-0.1, -0.05) is 23.3 Å². The largest absolute Gasteiger partial charge is 0.479 e. The second kappa shape index (κ2) is 6.58. The minimum atomic E-state index is -0.167. The van der Waals surface area contributed by atoms with Gasteiger partial charge in [0.15, 0.2) is 6.61 Å². The van der Waals surface area contributed by atoms with Crippen molar-refractivity contribution < 1.29 is 9.53 Å². The maximum Gasteiger partial charge on any atom is 0.255 e. The van der Waals surface area contributed by atoms with Crippen LogP contribution in [-0.2, 0) is 0 Å². The predicted molar refractivity (Wildman–Crippen MR) is 81.4 cm³/mol. The number of benzene rings is 2. The number of amides is 1. The Balaban J connectivity index is 2.14. The molecular weight excluding hydrogens is 264 g/mol. The Labute approximate surface area is 124 Å². The zero-order chi connectivity index (χ0) is 15.2. The first-order valence-corrected chi connectivity index (χ1v) is 6.58. The van der Waals surface area contributed by atoms with Crippen LogP contribution in [0.3, 0.4) is 0 Å². The summed E-state index contributed by atoms with van der Waals surface area (Å²) in [5, 5.41) is 11.3. The summed E-state index contributed by atoms with van der Waals surface area (Å²) in [6, 6.07) is 14.6. The number of carbonyl (C=O) groups is 1. The summed E-state index contributed by atoms with van der Waals surface area (Å²) in [5.74, 6) is 0.383. The highest BCUT2D eigenvalue weighted by molar-refractivity contribution is 6.04. The molecular formula is C17H16N2O2. The van der Waals surface area contributed by atoms with E-state index in [2.05, 4.69) is 5.32 Å². The molecule has 0 unspecified atom stereocenters. The summed E-state index contributed by atoms with van der Waals surface area (Å²) in [7, 11) is 0. The fourth-order valence-electron chi connectivity index (χ4n) is 2.09. The number of hydrogen-bond acceptors (Lipinski definition) is 3. The average molecular weight is 280 g/mol. The van der Waals surface area contributed by atoms with Gasteiger partial charge in [0, 0.05) is 17.3 Å². The fourth-order valence-corrected chi connectivity index (χ4v) is 2.09. The second-order valence-corrected chi connectivity index (χ2v) is 4.81. The molecule has 4 nitrogen and oxygen atoms in total. The summed E-state index contributed by atoms with van der Waals surface area (Å²) in [6.45, 7) is 3.90. The van der Waals surface area contributed by atoms with E-state index in [9.17, 15) is 4.79 Å². The van der Waals surface area contributed by atoms with Gasteiger partial charge in [-0.2, -0.15) is 5.26 Å². The molecule has 106 valence electrons. The third-order valence-electron chi connectivity index (χ3n) is 2.88. The van der Waals surface area contributed by atoms with Crippen molar-refractivity contribution in [3.63, 3.8) is 0 Å². The molecule has 0 heterocycles. The van der Waals surface area contributed by atoms with Crippen molar-refractivity contribution in [2.75, 3.05) is 11.9 Å². The van der Waals surface area contributed by atoms with E-state index >= 15 is 0 Å². The van der Waals surface area contributed by atoms with Crippen LogP contribution in [0.1, 0.15) is 21.5 Å². The van der Waals surface area contributed by atoms with E-state index < -0.39 is 0 Å². The van der Waals surface area contributed by atoms with Crippen LogP contribution in [0, 0.1) is 25.2 Å². The highest BCUT2D eigenvalue weighted by Crippen LogP contribution is 2.18. The topological polar surface area (TPSA) is 62.1 Å². The normalized spacial score (nSPS) is 9.76. The molecule has 2 aromatic carbocycles. The van der Waals surface area contributed by atoms with E-state index in [1.54, 1.807) is 24.3 Å². The lowest BCUT2D eigenvalue weighted by atomic mass is 10.1. The van der Waals surface area contributed by atoms with Crippen LogP contribution in [0.5, 0.6) is 5.75 Å². The number of ether oxygens (including phenoxy) is 1. The quantitative estimate of drug-likeness (QED) is 0.932. The maximum atomic E-state index is 12.2. The Morgan fingerprint density at radius 3 is 2.57 bits per heavy atom. The Morgan fingerprint density at radius 2 is 1.90 bits per heavy atom. The van der Waals surface area contributed by atoms with Gasteiger partial charge < -0.3 is 10.1 Å². The van der Waals surface area contributed by atoms with Crippen LogP contribution in [-0.4, -0.2) is 12.5 Å². The molecule has 0 saturated carbocycles. The van der Waals surface area contributed by atoms with Crippen LogP contribution in [0.25, 0.3) is 0 Å². The van der Waals surface area contributed by atoms with E-state index in [-0.39, 0.29) is 12.5 Å². The number of hydrogen-bond donors (Lipinski definition) is 1. The van der Waals surface area contributed by atoms with E-state index in [0.717, 1.165) is 11.1 Å². The van der Waals surface area contributed by atoms with E-state index in [1.807, 2.05) is 38.1 Å². The van der Waals surface area contributed by atoms with Gasteiger partial charge in [0.05, 0.1) is 0 Å². The van der Waals surface area contributed by atoms with Gasteiger partial charge in [-0.05, 0) is 38.1 Å². The number of nitrogens with one attached hydrogen (secondary N) is 1. The Hall–Kier alpha value is -2.80. The molecule has 0 bridgehead atoms. The number of rotatable bonds is 4. The minimum absolute atomic E-state index is 0.0194. The zero-order valence-corrected chi connectivity index (χ0v) is 12.0. The second-order valence-electron chi connectivity index (χ2n) is 4.81. The summed E-state index contributed by atoms with van der Waals surface area (Å²) < 4.78 is 5.21. The van der Waals surface area contributed by atoms with Gasteiger partial charge in [0.25, 0.3) is 5.91 Å². The van der Waals surface area contributed by atoms with Crippen LogP contribution in [0.2, 0.25) is 0 Å². The molecule has 2 aromatic rings. The van der Waals surface area contributed by atoms with E-state index in [4.69, 9.17) is 10.00 Å². The molecule has 1 amide bonds. The van der Waals surface area contributed by atoms with Crippen LogP contribution >= 0.6 is 0 Å². The molecule has 21 heavy (non-hydrogen) atoms. The van der Waals surface area contributed by atoms with Crippen molar-refractivity contribution in [1.29, 1.82) is 5.26 Å². The Bertz CT molecular complexity index is 682. The van der Waals surface area contributed by atoms with Gasteiger partial charge in [0.2, 0.25) is 0 Å². The highest BCUT2D eigenvalue weighted by atomic mass is 16.5. The first-order valence-electron chi connectivity index (χ1n) is 6.58. The summed E-state index contributed by atoms with van der Waals surface area (Å²) >= 11 is 0. The molecule has 0 fully saturated rings. The van der Waals surface area contributed by atoms with Crippen LogP contribution < -0.4 is 10.1 Å².